The molecule has 0 aromatic rings. The molecule has 1 aliphatic rings. The quantitative estimate of drug-likeness (QED) is 0.481. The predicted octanol–water partition coefficient (Wildman–Crippen LogP) is 2.26. The summed E-state index contributed by atoms with van der Waals surface area (Å²) < 4.78 is 5.12. The maximum absolute atomic E-state index is 5.12. The minimum atomic E-state index is 0.873. The van der Waals surface area contributed by atoms with E-state index in [0.29, 0.717) is 0 Å². The first kappa shape index (κ1) is 6.40. The molecule has 0 aliphatic carbocycles. The van der Waals surface area contributed by atoms with Crippen molar-refractivity contribution in [2.75, 3.05) is 6.61 Å². The van der Waals surface area contributed by atoms with Crippen molar-refractivity contribution >= 4 is 0 Å². The molecule has 0 spiro atoms. The van der Waals surface area contributed by atoms with Crippen LogP contribution in [-0.2, 0) is 4.74 Å². The lowest BCUT2D eigenvalue weighted by atomic mass is 10.2. The second kappa shape index (κ2) is 4.19. The van der Waals surface area contributed by atoms with Crippen LogP contribution in [0, 0.1) is 0 Å². The normalized spacial score (nSPS) is 26.7. The van der Waals surface area contributed by atoms with Gasteiger partial charge in [-0.25, -0.2) is 0 Å². The maximum Gasteiger partial charge on any atom is 0.0873 e. The van der Waals surface area contributed by atoms with Gasteiger partial charge in [0.15, 0.2) is 0 Å². The third-order valence-electron chi connectivity index (χ3n) is 1.30. The molecular weight excluding hydrogens is 112 g/mol. The van der Waals surface area contributed by atoms with E-state index < -0.39 is 0 Å². The van der Waals surface area contributed by atoms with E-state index in [-0.39, 0.29) is 0 Å². The van der Waals surface area contributed by atoms with E-state index in [0.717, 1.165) is 6.61 Å². The highest BCUT2D eigenvalue weighted by molar-refractivity contribution is 4.99. The van der Waals surface area contributed by atoms with Crippen LogP contribution in [0.5, 0.6) is 0 Å². The molecule has 0 saturated heterocycles. The van der Waals surface area contributed by atoms with Crippen molar-refractivity contribution in [3.63, 3.8) is 0 Å². The van der Waals surface area contributed by atoms with Gasteiger partial charge >= 0.3 is 0 Å². The highest BCUT2D eigenvalue weighted by atomic mass is 16.5. The lowest BCUT2D eigenvalue weighted by Gasteiger charge is -1.95. The molecule has 0 amide bonds. The maximum atomic E-state index is 5.12. The number of rotatable bonds is 0. The Kier molecular flexibility index (Phi) is 2.98. The molecule has 1 heteroatoms. The van der Waals surface area contributed by atoms with E-state index >= 15 is 0 Å². The molecule has 0 bridgehead atoms. The summed E-state index contributed by atoms with van der Waals surface area (Å²) in [7, 11) is 0. The molecular formula is C8H12O. The molecule has 0 aromatic heterocycles. The van der Waals surface area contributed by atoms with Crippen LogP contribution >= 0.6 is 0 Å². The lowest BCUT2D eigenvalue weighted by Crippen LogP contribution is -1.84. The summed E-state index contributed by atoms with van der Waals surface area (Å²) in [6, 6.07) is 0. The predicted molar refractivity (Wildman–Crippen MR) is 38.1 cm³/mol. The fourth-order valence-corrected chi connectivity index (χ4v) is 0.791. The highest BCUT2D eigenvalue weighted by Crippen LogP contribution is 1.99. The van der Waals surface area contributed by atoms with Crippen molar-refractivity contribution < 1.29 is 4.74 Å². The summed E-state index contributed by atoms with van der Waals surface area (Å²) >= 11 is 0. The smallest absolute Gasteiger partial charge is 0.0873 e. The molecule has 0 atom stereocenters. The van der Waals surface area contributed by atoms with E-state index in [2.05, 4.69) is 6.08 Å². The van der Waals surface area contributed by atoms with Crippen molar-refractivity contribution in [3.05, 3.63) is 24.5 Å². The zero-order valence-corrected chi connectivity index (χ0v) is 5.55. The SMILES string of the molecule is C1=C\CCCCO\C=C/1. The average Bonchev–Trinajstić information content (AvgIpc) is 2.00. The van der Waals surface area contributed by atoms with Gasteiger partial charge in [0, 0.05) is 0 Å². The Labute approximate surface area is 56.0 Å². The molecule has 50 valence electrons. The topological polar surface area (TPSA) is 9.23 Å². The van der Waals surface area contributed by atoms with Gasteiger partial charge in [0.2, 0.25) is 0 Å². The molecule has 1 heterocycles. The second-order valence-corrected chi connectivity index (χ2v) is 2.12. The third kappa shape index (κ3) is 2.96. The molecule has 1 nitrogen and oxygen atoms in total. The van der Waals surface area contributed by atoms with Crippen molar-refractivity contribution in [2.45, 2.75) is 19.3 Å². The van der Waals surface area contributed by atoms with Gasteiger partial charge in [-0.05, 0) is 25.3 Å². The number of ether oxygens (including phenoxy) is 1. The molecule has 0 N–H and O–H groups in total. The first-order valence-electron chi connectivity index (χ1n) is 3.43. The minimum absolute atomic E-state index is 0.873. The van der Waals surface area contributed by atoms with Gasteiger partial charge in [0.05, 0.1) is 12.9 Å². The largest absolute Gasteiger partial charge is 0.501 e. The molecule has 0 fully saturated rings. The Morgan fingerprint density at radius 3 is 3.11 bits per heavy atom. The summed E-state index contributed by atoms with van der Waals surface area (Å²) in [4.78, 5) is 0. The van der Waals surface area contributed by atoms with Crippen molar-refractivity contribution in [1.82, 2.24) is 0 Å². The Balaban J connectivity index is 2.28. The van der Waals surface area contributed by atoms with Gasteiger partial charge in [-0.15, -0.1) is 0 Å². The van der Waals surface area contributed by atoms with Gasteiger partial charge in [-0.2, -0.15) is 0 Å². The van der Waals surface area contributed by atoms with Crippen LogP contribution in [-0.4, -0.2) is 6.61 Å². The van der Waals surface area contributed by atoms with Crippen LogP contribution in [0.4, 0.5) is 0 Å². The third-order valence-corrected chi connectivity index (χ3v) is 1.30. The van der Waals surface area contributed by atoms with Gasteiger partial charge in [-0.1, -0.05) is 12.2 Å². The molecule has 1 aliphatic heterocycles. The zero-order chi connectivity index (χ0) is 6.36. The van der Waals surface area contributed by atoms with E-state index in [1.165, 1.54) is 19.3 Å². The molecule has 0 saturated carbocycles. The summed E-state index contributed by atoms with van der Waals surface area (Å²) in [6.45, 7) is 0.873. The Morgan fingerprint density at radius 2 is 2.11 bits per heavy atom. The zero-order valence-electron chi connectivity index (χ0n) is 5.55. The minimum Gasteiger partial charge on any atom is -0.501 e. The monoisotopic (exact) mass is 124 g/mol. The number of hydrogen-bond acceptors (Lipinski definition) is 1. The standard InChI is InChI=1S/C8H12O/c1-2-4-6-8-9-7-5-3-1/h1,3,5,7H,2,4,6,8H2/b3-1-,7-5-. The van der Waals surface area contributed by atoms with Crippen LogP contribution in [0.25, 0.3) is 0 Å². The van der Waals surface area contributed by atoms with E-state index in [1.807, 2.05) is 12.2 Å². The summed E-state index contributed by atoms with van der Waals surface area (Å²) in [5, 5.41) is 0. The summed E-state index contributed by atoms with van der Waals surface area (Å²) in [5.74, 6) is 0. The fourth-order valence-electron chi connectivity index (χ4n) is 0.791. The van der Waals surface area contributed by atoms with Crippen LogP contribution in [0.3, 0.4) is 0 Å². The van der Waals surface area contributed by atoms with Crippen molar-refractivity contribution in [2.24, 2.45) is 0 Å². The van der Waals surface area contributed by atoms with Crippen molar-refractivity contribution in [3.8, 4) is 0 Å². The van der Waals surface area contributed by atoms with Crippen molar-refractivity contribution in [1.29, 1.82) is 0 Å². The van der Waals surface area contributed by atoms with Crippen LogP contribution in [0.2, 0.25) is 0 Å². The molecule has 0 unspecified atom stereocenters. The molecule has 9 heavy (non-hydrogen) atoms. The van der Waals surface area contributed by atoms with Crippen LogP contribution in [0.1, 0.15) is 19.3 Å². The Hall–Kier alpha value is -0.720. The summed E-state index contributed by atoms with van der Waals surface area (Å²) in [5.41, 5.74) is 0. The van der Waals surface area contributed by atoms with Gasteiger partial charge in [0.1, 0.15) is 0 Å². The van der Waals surface area contributed by atoms with Crippen LogP contribution in [0.15, 0.2) is 24.5 Å². The van der Waals surface area contributed by atoms with Gasteiger partial charge in [-0.3, -0.25) is 0 Å². The molecule has 0 aromatic carbocycles. The average molecular weight is 124 g/mol. The molecule has 1 rings (SSSR count). The Bertz CT molecular complexity index is 99.7. The first-order chi connectivity index (χ1) is 4.50. The fraction of sp³-hybridized carbons (Fsp3) is 0.500. The van der Waals surface area contributed by atoms with Crippen LogP contribution < -0.4 is 0 Å². The number of hydrogen-bond donors (Lipinski definition) is 0. The lowest BCUT2D eigenvalue weighted by molar-refractivity contribution is 0.243. The Morgan fingerprint density at radius 1 is 1.11 bits per heavy atom. The number of allylic oxidation sites excluding steroid dienone is 3. The van der Waals surface area contributed by atoms with Gasteiger partial charge < -0.3 is 4.74 Å². The van der Waals surface area contributed by atoms with E-state index in [1.54, 1.807) is 6.26 Å². The van der Waals surface area contributed by atoms with E-state index in [4.69, 9.17) is 4.74 Å². The first-order valence-corrected chi connectivity index (χ1v) is 3.43. The van der Waals surface area contributed by atoms with Gasteiger partial charge in [0.25, 0.3) is 0 Å². The summed E-state index contributed by atoms with van der Waals surface area (Å²) in [6.07, 6.45) is 11.5. The molecule has 0 radical (unpaired) electrons. The highest BCUT2D eigenvalue weighted by Gasteiger charge is 1.86. The van der Waals surface area contributed by atoms with E-state index in [9.17, 15) is 0 Å². The second-order valence-electron chi connectivity index (χ2n) is 2.12.